The van der Waals surface area contributed by atoms with E-state index in [1.54, 1.807) is 0 Å². The highest BCUT2D eigenvalue weighted by atomic mass is 127. The predicted octanol–water partition coefficient (Wildman–Crippen LogP) is 17.1. The van der Waals surface area contributed by atoms with Crippen molar-refractivity contribution in [3.05, 3.63) is 35.9 Å². The van der Waals surface area contributed by atoms with Gasteiger partial charge in [0.05, 0.1) is 37.7 Å². The van der Waals surface area contributed by atoms with Crippen molar-refractivity contribution in [3.63, 3.8) is 0 Å². The van der Waals surface area contributed by atoms with Crippen LogP contribution in [-0.4, -0.2) is 119 Å². The molecule has 1 saturated heterocycles. The molecule has 1 aliphatic heterocycles. The fraction of sp³-hybridized carbons (Fsp3) is 0.762. The van der Waals surface area contributed by atoms with Gasteiger partial charge in [0.25, 0.3) is 0 Å². The average molecular weight is 1660 g/mol. The van der Waals surface area contributed by atoms with E-state index in [1.165, 1.54) is 57.8 Å². The van der Waals surface area contributed by atoms with Crippen LogP contribution < -0.4 is 0 Å². The number of carbonyl (C=O) groups is 9. The first kappa shape index (κ1) is 95.3. The summed E-state index contributed by atoms with van der Waals surface area (Å²) < 4.78 is 47.4. The van der Waals surface area contributed by atoms with Gasteiger partial charge in [-0.05, 0) is 157 Å². The van der Waals surface area contributed by atoms with Crippen molar-refractivity contribution in [3.8, 4) is 0 Å². The Morgan fingerprint density at radius 2 is 0.780 bits per heavy atom. The number of benzene rings is 1. The zero-order valence-corrected chi connectivity index (χ0v) is 64.5. The van der Waals surface area contributed by atoms with Gasteiger partial charge in [-0.15, -0.1) is 0 Å². The molecule has 4 aliphatic rings. The summed E-state index contributed by atoms with van der Waals surface area (Å²) in [5, 5.41) is 0. The second kappa shape index (κ2) is 60.3. The molecule has 1 aromatic carbocycles. The standard InChI is InChI=1S/C9H9ClO2.C8H13ClO2.C7H11ClO3.C7H11ClO2.C7H13ClO2.C7H13IO2.C6H9ClO2.C6H11ClO2.C6H11IO2/c10-7-12-9(11)6-8-4-2-1-3-5-8;9-6-11-8(10)5-7-3-1-2-4-7;8-5-11-7(9)3-6-1-2-10-4-6;8-5-10-7(9)4-6-2-1-3-6;2*1-7(2,3)4-6(9)10-5-8;7-4-9-6(8)3-5-1-2-5;1-5(2)3-6(8)9-4-7;1-6(2,3)5(8)9-4-7/h1-5H,6-7H2;7H,1-6H2;6H,1-5H2;6H,1-5H2;2*4-5H2,1-3H3;5H,1-4H2;5H,3-4H2,1-2H3;4H2,1-3H3. The van der Waals surface area contributed by atoms with Crippen LogP contribution in [0.4, 0.5) is 0 Å². The van der Waals surface area contributed by atoms with E-state index in [2.05, 4.69) is 33.2 Å². The lowest BCUT2D eigenvalue weighted by molar-refractivity contribution is -0.150. The van der Waals surface area contributed by atoms with Crippen molar-refractivity contribution in [2.24, 2.45) is 45.8 Å². The molecule has 0 N–H and O–H groups in total. The summed E-state index contributed by atoms with van der Waals surface area (Å²) in [4.78, 5) is 96.9. The maximum Gasteiger partial charge on any atom is 0.311 e. The first-order valence-corrected chi connectivity index (χ1v) is 36.6. The van der Waals surface area contributed by atoms with Crippen LogP contribution in [-0.2, 0) is 96.9 Å². The Kier molecular flexibility index (Phi) is 63.2. The second-order valence-electron chi connectivity index (χ2n) is 24.5. The van der Waals surface area contributed by atoms with Crippen LogP contribution in [0.25, 0.3) is 0 Å². The first-order valence-electron chi connectivity index (χ1n) is 29.8. The van der Waals surface area contributed by atoms with Crippen LogP contribution in [0.2, 0.25) is 0 Å². The van der Waals surface area contributed by atoms with E-state index >= 15 is 0 Å². The Morgan fingerprint density at radius 1 is 0.440 bits per heavy atom. The molecule has 5 rings (SSSR count). The lowest BCUT2D eigenvalue weighted by Crippen LogP contribution is -2.22. The molecule has 1 aromatic rings. The summed E-state index contributed by atoms with van der Waals surface area (Å²) in [5.74, 6) is 0.737. The van der Waals surface area contributed by atoms with Crippen LogP contribution in [0.5, 0.6) is 0 Å². The van der Waals surface area contributed by atoms with E-state index in [0.717, 1.165) is 18.6 Å². The van der Waals surface area contributed by atoms with Crippen LogP contribution in [0, 0.1) is 45.8 Å². The molecule has 91 heavy (non-hydrogen) atoms. The summed E-state index contributed by atoms with van der Waals surface area (Å²) in [7, 11) is 0. The Balaban J connectivity index is -0.000000469. The smallest absolute Gasteiger partial charge is 0.311 e. The van der Waals surface area contributed by atoms with E-state index in [9.17, 15) is 43.2 Å². The molecule has 3 aliphatic carbocycles. The zero-order chi connectivity index (χ0) is 70.3. The maximum atomic E-state index is 10.9. The van der Waals surface area contributed by atoms with Gasteiger partial charge in [0.15, 0.2) is 42.5 Å². The molecule has 4 fully saturated rings. The van der Waals surface area contributed by atoms with Gasteiger partial charge in [-0.2, -0.15) is 0 Å². The molecule has 28 heteroatoms. The van der Waals surface area contributed by atoms with Crippen molar-refractivity contribution in [1.82, 2.24) is 0 Å². The van der Waals surface area contributed by atoms with E-state index in [0.29, 0.717) is 90.4 Å². The van der Waals surface area contributed by atoms with E-state index in [-0.39, 0.29) is 119 Å². The minimum Gasteiger partial charge on any atom is -0.455 e. The number of hydrogen-bond donors (Lipinski definition) is 0. The van der Waals surface area contributed by atoms with Crippen LogP contribution in [0.1, 0.15) is 191 Å². The molecule has 0 spiro atoms. The van der Waals surface area contributed by atoms with Crippen molar-refractivity contribution >= 4 is 180 Å². The minimum atomic E-state index is -0.356. The largest absolute Gasteiger partial charge is 0.455 e. The van der Waals surface area contributed by atoms with Gasteiger partial charge in [-0.25, -0.2) is 0 Å². The predicted molar refractivity (Wildman–Crippen MR) is 374 cm³/mol. The lowest BCUT2D eigenvalue weighted by Gasteiger charge is -2.23. The summed E-state index contributed by atoms with van der Waals surface area (Å²) in [6, 6.07) is 9.16. The van der Waals surface area contributed by atoms with Crippen molar-refractivity contribution < 1.29 is 90.5 Å². The SMILES string of the molecule is CC(C)(C)C(=O)OCI.CC(C)(C)CC(=O)OCCl.CC(C)(C)CC(=O)OCI.CC(C)CC(=O)OCCl.O=C(CC1CC1)OCCl.O=C(CC1CCC1)OCCl.O=C(CC1CCCC1)OCCl.O=C(CC1CCOC1)OCCl.O=C(Cc1ccccc1)OCCl. The van der Waals surface area contributed by atoms with Crippen molar-refractivity contribution in [2.45, 2.75) is 192 Å². The topological polar surface area (TPSA) is 246 Å². The van der Waals surface area contributed by atoms with Gasteiger partial charge in [-0.1, -0.05) is 186 Å². The van der Waals surface area contributed by atoms with E-state index in [1.807, 2.05) is 152 Å². The van der Waals surface area contributed by atoms with Crippen LogP contribution >= 0.6 is 126 Å². The van der Waals surface area contributed by atoms with Crippen LogP contribution in [0.15, 0.2) is 30.3 Å². The fourth-order valence-electron chi connectivity index (χ4n) is 7.08. The number of esters is 9. The van der Waals surface area contributed by atoms with Gasteiger partial charge in [0.2, 0.25) is 0 Å². The van der Waals surface area contributed by atoms with Gasteiger partial charge >= 0.3 is 53.7 Å². The van der Waals surface area contributed by atoms with Gasteiger partial charge < -0.3 is 47.4 Å². The molecule has 530 valence electrons. The number of halogens is 9. The quantitative estimate of drug-likeness (QED) is 0.0427. The molecule has 0 aromatic heterocycles. The Labute approximate surface area is 603 Å². The molecule has 0 amide bonds. The number of alkyl halides is 9. The third-order valence-electron chi connectivity index (χ3n) is 11.9. The van der Waals surface area contributed by atoms with Crippen LogP contribution in [0.3, 0.4) is 0 Å². The first-order chi connectivity index (χ1) is 42.7. The second-order valence-corrected chi connectivity index (χ2v) is 27.2. The molecule has 3 saturated carbocycles. The normalized spacial score (nSPS) is 14.6. The van der Waals surface area contributed by atoms with Gasteiger partial charge in [0, 0.05) is 32.3 Å². The van der Waals surface area contributed by atoms with Crippen molar-refractivity contribution in [1.29, 1.82) is 0 Å². The molecule has 1 atom stereocenters. The maximum absolute atomic E-state index is 10.9. The third kappa shape index (κ3) is 70.5. The Hall–Kier alpha value is -2.10. The zero-order valence-electron chi connectivity index (χ0n) is 54.9. The molecule has 1 heterocycles. The highest BCUT2D eigenvalue weighted by Crippen LogP contribution is 2.33. The molecule has 19 nitrogen and oxygen atoms in total. The molecule has 1 unspecified atom stereocenters. The van der Waals surface area contributed by atoms with Crippen molar-refractivity contribution in [2.75, 3.05) is 64.9 Å². The Bertz CT molecular complexity index is 2000. The number of ether oxygens (including phenoxy) is 10. The highest BCUT2D eigenvalue weighted by molar-refractivity contribution is 14.1. The number of hydrogen-bond acceptors (Lipinski definition) is 19. The number of carbonyl (C=O) groups excluding carboxylic acids is 9. The van der Waals surface area contributed by atoms with Gasteiger partial charge in [-0.3, -0.25) is 43.2 Å². The Morgan fingerprint density at radius 3 is 1.08 bits per heavy atom. The monoisotopic (exact) mass is 1660 g/mol. The van der Waals surface area contributed by atoms with E-state index in [4.69, 9.17) is 95.4 Å². The molecular formula is C63H101Cl7I2O19. The summed E-state index contributed by atoms with van der Waals surface area (Å²) in [6.45, 7) is 22.8. The summed E-state index contributed by atoms with van der Waals surface area (Å²) in [5.41, 5.74) is 0.615. The molecular weight excluding hydrogens is 1560 g/mol. The number of rotatable bonds is 23. The summed E-state index contributed by atoms with van der Waals surface area (Å²) >= 11 is 40.4. The van der Waals surface area contributed by atoms with Gasteiger partial charge in [0.1, 0.15) is 9.23 Å². The minimum absolute atomic E-state index is 0.00838. The van der Waals surface area contributed by atoms with E-state index < -0.39 is 0 Å². The lowest BCUT2D eigenvalue weighted by atomic mass is 9.83. The molecule has 0 radical (unpaired) electrons. The third-order valence-corrected chi connectivity index (χ3v) is 13.3. The molecule has 0 bridgehead atoms. The summed E-state index contributed by atoms with van der Waals surface area (Å²) in [6.07, 6.45) is 15.6. The average Bonchev–Trinajstić information content (AvgIpc) is 4.02. The highest BCUT2D eigenvalue weighted by Gasteiger charge is 2.26. The fourth-order valence-corrected chi connectivity index (χ4v) is 8.56.